The molecule has 0 N–H and O–H groups in total. The van der Waals surface area contributed by atoms with E-state index in [0.29, 0.717) is 0 Å². The predicted octanol–water partition coefficient (Wildman–Crippen LogP) is 0.0478. The van der Waals surface area contributed by atoms with Crippen molar-refractivity contribution in [2.45, 2.75) is 6.54 Å². The third-order valence-electron chi connectivity index (χ3n) is 0.738. The Hall–Kier alpha value is -0.930. The van der Waals surface area contributed by atoms with Crippen molar-refractivity contribution in [2.75, 3.05) is 6.67 Å². The molecule has 1 aromatic heterocycles. The zero-order chi connectivity index (χ0) is 5.82. The molecule has 1 radical (unpaired) electrons. The van der Waals surface area contributed by atoms with Crippen molar-refractivity contribution in [3.8, 4) is 0 Å². The van der Waals surface area contributed by atoms with E-state index in [1.54, 1.807) is 0 Å². The highest BCUT2D eigenvalue weighted by atomic mass is 19.1. The highest BCUT2D eigenvalue weighted by molar-refractivity contribution is 4.59. The summed E-state index contributed by atoms with van der Waals surface area (Å²) in [5, 5.41) is 6.84. The Morgan fingerprint density at radius 1 is 1.75 bits per heavy atom. The second kappa shape index (κ2) is 2.40. The number of rotatable bonds is 2. The lowest BCUT2D eigenvalue weighted by Gasteiger charge is -1.88. The van der Waals surface area contributed by atoms with Gasteiger partial charge in [-0.3, -0.25) is 0 Å². The van der Waals surface area contributed by atoms with Gasteiger partial charge >= 0.3 is 0 Å². The summed E-state index contributed by atoms with van der Waals surface area (Å²) in [6.07, 6.45) is 3.95. The number of aromatic nitrogens is 3. The van der Waals surface area contributed by atoms with Crippen molar-refractivity contribution in [1.82, 2.24) is 15.0 Å². The second-order valence-corrected chi connectivity index (χ2v) is 1.30. The Labute approximate surface area is 46.1 Å². The van der Waals surface area contributed by atoms with E-state index >= 15 is 0 Å². The normalized spacial score (nSPS) is 9.62. The number of aryl methyl sites for hydroxylation is 1. The van der Waals surface area contributed by atoms with Gasteiger partial charge < -0.3 is 0 Å². The van der Waals surface area contributed by atoms with E-state index in [-0.39, 0.29) is 6.54 Å². The van der Waals surface area contributed by atoms with Gasteiger partial charge in [-0.05, 0) is 0 Å². The van der Waals surface area contributed by atoms with E-state index in [1.165, 1.54) is 10.9 Å². The third-order valence-corrected chi connectivity index (χ3v) is 0.738. The summed E-state index contributed by atoms with van der Waals surface area (Å²) in [7, 11) is 0. The molecule has 0 spiro atoms. The van der Waals surface area contributed by atoms with Crippen LogP contribution < -0.4 is 0 Å². The molecule has 0 aromatic carbocycles. The first-order valence-corrected chi connectivity index (χ1v) is 2.25. The lowest BCUT2D eigenvalue weighted by molar-refractivity contribution is 0.422. The first-order chi connectivity index (χ1) is 3.93. The van der Waals surface area contributed by atoms with Crippen LogP contribution in [0.15, 0.2) is 6.20 Å². The standard InChI is InChI=1S/C4H5FN3/c5-1-3-8-4-2-6-7-8/h4H,1,3H2. The van der Waals surface area contributed by atoms with Crippen LogP contribution in [0.5, 0.6) is 0 Å². The van der Waals surface area contributed by atoms with E-state index in [2.05, 4.69) is 16.5 Å². The molecule has 0 aliphatic carbocycles. The van der Waals surface area contributed by atoms with E-state index in [9.17, 15) is 4.39 Å². The monoisotopic (exact) mass is 114 g/mol. The number of hydrogen-bond donors (Lipinski definition) is 0. The Balaban J connectivity index is 2.50. The minimum absolute atomic E-state index is 0.274. The highest BCUT2D eigenvalue weighted by Crippen LogP contribution is 1.78. The maximum Gasteiger partial charge on any atom is 0.134 e. The van der Waals surface area contributed by atoms with Crippen LogP contribution in [-0.4, -0.2) is 21.7 Å². The third kappa shape index (κ3) is 1.02. The summed E-state index contributed by atoms with van der Waals surface area (Å²) >= 11 is 0. The van der Waals surface area contributed by atoms with E-state index < -0.39 is 6.67 Å². The summed E-state index contributed by atoms with van der Waals surface area (Å²) in [6.45, 7) is -0.131. The summed E-state index contributed by atoms with van der Waals surface area (Å²) in [5.41, 5.74) is 0. The SMILES string of the molecule is FCCn1c[c]nn1. The Morgan fingerprint density at radius 2 is 2.62 bits per heavy atom. The predicted molar refractivity (Wildman–Crippen MR) is 24.8 cm³/mol. The molecule has 0 atom stereocenters. The van der Waals surface area contributed by atoms with Gasteiger partial charge in [-0.25, -0.2) is 9.07 Å². The van der Waals surface area contributed by atoms with Crippen LogP contribution in [-0.2, 0) is 6.54 Å². The molecular weight excluding hydrogens is 109 g/mol. The molecule has 1 heterocycles. The first-order valence-electron chi connectivity index (χ1n) is 2.25. The van der Waals surface area contributed by atoms with Crippen LogP contribution >= 0.6 is 0 Å². The number of alkyl halides is 1. The average Bonchev–Trinajstić information content (AvgIpc) is 2.19. The lowest BCUT2D eigenvalue weighted by atomic mass is 10.7. The van der Waals surface area contributed by atoms with E-state index in [4.69, 9.17) is 0 Å². The van der Waals surface area contributed by atoms with Crippen LogP contribution in [0.3, 0.4) is 0 Å². The zero-order valence-corrected chi connectivity index (χ0v) is 4.21. The number of hydrogen-bond acceptors (Lipinski definition) is 2. The maximum absolute atomic E-state index is 11.5. The minimum Gasteiger partial charge on any atom is -0.249 e. The smallest absolute Gasteiger partial charge is 0.134 e. The van der Waals surface area contributed by atoms with Gasteiger partial charge in [0.15, 0.2) is 0 Å². The molecule has 43 valence electrons. The summed E-state index contributed by atoms with van der Waals surface area (Å²) < 4.78 is 12.8. The van der Waals surface area contributed by atoms with Gasteiger partial charge in [0.1, 0.15) is 12.9 Å². The van der Waals surface area contributed by atoms with Gasteiger partial charge in [-0.1, -0.05) is 5.21 Å². The summed E-state index contributed by atoms with van der Waals surface area (Å²) in [4.78, 5) is 0. The summed E-state index contributed by atoms with van der Waals surface area (Å²) in [6, 6.07) is 0. The quantitative estimate of drug-likeness (QED) is 0.543. The van der Waals surface area contributed by atoms with Crippen molar-refractivity contribution in [3.05, 3.63) is 12.4 Å². The molecule has 0 fully saturated rings. The van der Waals surface area contributed by atoms with Crippen LogP contribution in [0.2, 0.25) is 0 Å². The molecule has 0 saturated carbocycles. The molecule has 0 aliphatic heterocycles. The molecule has 8 heavy (non-hydrogen) atoms. The maximum atomic E-state index is 11.5. The van der Waals surface area contributed by atoms with Gasteiger partial charge in [0.2, 0.25) is 0 Å². The van der Waals surface area contributed by atoms with Crippen LogP contribution in [0.4, 0.5) is 4.39 Å². The highest BCUT2D eigenvalue weighted by Gasteiger charge is 1.86. The molecule has 0 amide bonds. The van der Waals surface area contributed by atoms with E-state index in [1.807, 2.05) is 0 Å². The molecule has 4 heteroatoms. The molecule has 0 bridgehead atoms. The zero-order valence-electron chi connectivity index (χ0n) is 4.21. The van der Waals surface area contributed by atoms with Gasteiger partial charge in [0, 0.05) is 0 Å². The van der Waals surface area contributed by atoms with Crippen LogP contribution in [0.25, 0.3) is 0 Å². The molecule has 0 saturated heterocycles. The second-order valence-electron chi connectivity index (χ2n) is 1.30. The van der Waals surface area contributed by atoms with Crippen molar-refractivity contribution in [1.29, 1.82) is 0 Å². The van der Waals surface area contributed by atoms with Crippen LogP contribution in [0.1, 0.15) is 0 Å². The molecule has 3 nitrogen and oxygen atoms in total. The van der Waals surface area contributed by atoms with Gasteiger partial charge in [0.05, 0.1) is 12.7 Å². The average molecular weight is 114 g/mol. The molecular formula is C4H5FN3. The largest absolute Gasteiger partial charge is 0.249 e. The fraction of sp³-hybridized carbons (Fsp3) is 0.500. The fourth-order valence-electron chi connectivity index (χ4n) is 0.397. The van der Waals surface area contributed by atoms with Crippen molar-refractivity contribution >= 4 is 0 Å². The van der Waals surface area contributed by atoms with Gasteiger partial charge in [-0.15, -0.1) is 5.10 Å². The molecule has 1 aromatic rings. The number of nitrogens with zero attached hydrogens (tertiary/aromatic N) is 3. The van der Waals surface area contributed by atoms with E-state index in [0.717, 1.165) is 0 Å². The fourth-order valence-corrected chi connectivity index (χ4v) is 0.397. The van der Waals surface area contributed by atoms with Crippen molar-refractivity contribution in [2.24, 2.45) is 0 Å². The Bertz CT molecular complexity index is 137. The van der Waals surface area contributed by atoms with Crippen LogP contribution in [0, 0.1) is 6.20 Å². The van der Waals surface area contributed by atoms with Crippen molar-refractivity contribution in [3.63, 3.8) is 0 Å². The first kappa shape index (κ1) is 5.21. The summed E-state index contributed by atoms with van der Waals surface area (Å²) in [5.74, 6) is 0. The topological polar surface area (TPSA) is 30.7 Å². The molecule has 0 unspecified atom stereocenters. The van der Waals surface area contributed by atoms with Gasteiger partial charge in [0.25, 0.3) is 0 Å². The minimum atomic E-state index is -0.406. The molecule has 1 rings (SSSR count). The molecule has 0 aliphatic rings. The lowest BCUT2D eigenvalue weighted by Crippen LogP contribution is -1.99. The number of halogens is 1. The van der Waals surface area contributed by atoms with Crippen molar-refractivity contribution < 1.29 is 4.39 Å². The Morgan fingerprint density at radius 3 is 3.12 bits per heavy atom. The van der Waals surface area contributed by atoms with Gasteiger partial charge in [-0.2, -0.15) is 0 Å². The Kier molecular flexibility index (Phi) is 1.56.